The molecule has 2 aromatic carbocycles. The zero-order valence-electron chi connectivity index (χ0n) is 14.8. The molecule has 0 radical (unpaired) electrons. The minimum absolute atomic E-state index is 0.215. The summed E-state index contributed by atoms with van der Waals surface area (Å²) in [5, 5.41) is 9.17. The normalized spacial score (nSPS) is 10.9. The highest BCUT2D eigenvalue weighted by Crippen LogP contribution is 2.31. The largest absolute Gasteiger partial charge is 0.477 e. The fourth-order valence-electron chi connectivity index (χ4n) is 3.17. The lowest BCUT2D eigenvalue weighted by Crippen LogP contribution is -2.26. The lowest BCUT2D eigenvalue weighted by atomic mass is 9.90. The lowest BCUT2D eigenvalue weighted by Gasteiger charge is -2.17. The Morgan fingerprint density at radius 3 is 2.31 bits per heavy atom. The number of carboxylic acid groups (broad SMARTS) is 1. The standard InChI is InChI=1S/C22H21NO3/c1-15(2)17-9-5-6-11-19(17)18-10-4-3-8-16(18)14-23-13-7-12-20(21(23)24)22(25)26/h3-13,15H,14H2,1-2H3,(H,25,26). The van der Waals surface area contributed by atoms with E-state index in [1.54, 1.807) is 12.3 Å². The Morgan fingerprint density at radius 1 is 0.962 bits per heavy atom. The topological polar surface area (TPSA) is 59.3 Å². The molecule has 132 valence electrons. The molecule has 1 heterocycles. The Morgan fingerprint density at radius 2 is 1.62 bits per heavy atom. The number of benzene rings is 2. The van der Waals surface area contributed by atoms with Gasteiger partial charge in [0.25, 0.3) is 5.56 Å². The number of aromatic nitrogens is 1. The molecule has 0 amide bonds. The minimum Gasteiger partial charge on any atom is -0.477 e. The number of aromatic carboxylic acids is 1. The summed E-state index contributed by atoms with van der Waals surface area (Å²) < 4.78 is 1.44. The Kier molecular flexibility index (Phi) is 5.03. The number of hydrogen-bond donors (Lipinski definition) is 1. The maximum atomic E-state index is 12.4. The summed E-state index contributed by atoms with van der Waals surface area (Å²) in [4.78, 5) is 23.6. The highest BCUT2D eigenvalue weighted by molar-refractivity contribution is 5.87. The second-order valence-corrected chi connectivity index (χ2v) is 6.56. The van der Waals surface area contributed by atoms with Crippen LogP contribution in [0.15, 0.2) is 71.7 Å². The third-order valence-corrected chi connectivity index (χ3v) is 4.48. The first kappa shape index (κ1) is 17.7. The van der Waals surface area contributed by atoms with Crippen molar-refractivity contribution in [3.63, 3.8) is 0 Å². The van der Waals surface area contributed by atoms with Crippen LogP contribution in [0.1, 0.15) is 41.3 Å². The van der Waals surface area contributed by atoms with Gasteiger partial charge in [0.15, 0.2) is 0 Å². The maximum Gasteiger partial charge on any atom is 0.341 e. The molecule has 0 aliphatic heterocycles. The quantitative estimate of drug-likeness (QED) is 0.745. The van der Waals surface area contributed by atoms with Crippen molar-refractivity contribution in [2.24, 2.45) is 0 Å². The Bertz CT molecular complexity index is 1000. The molecule has 0 aliphatic rings. The van der Waals surface area contributed by atoms with Crippen molar-refractivity contribution in [2.45, 2.75) is 26.3 Å². The molecule has 0 unspecified atom stereocenters. The number of hydrogen-bond acceptors (Lipinski definition) is 2. The van der Waals surface area contributed by atoms with Gasteiger partial charge in [-0.3, -0.25) is 4.79 Å². The van der Waals surface area contributed by atoms with Gasteiger partial charge >= 0.3 is 5.97 Å². The highest BCUT2D eigenvalue weighted by Gasteiger charge is 2.14. The van der Waals surface area contributed by atoms with Crippen LogP contribution in [-0.4, -0.2) is 15.6 Å². The first-order valence-electron chi connectivity index (χ1n) is 8.59. The molecular formula is C22H21NO3. The monoisotopic (exact) mass is 347 g/mol. The first-order chi connectivity index (χ1) is 12.5. The van der Waals surface area contributed by atoms with Crippen molar-refractivity contribution in [1.82, 2.24) is 4.57 Å². The molecule has 1 aromatic heterocycles. The van der Waals surface area contributed by atoms with Crippen molar-refractivity contribution in [1.29, 1.82) is 0 Å². The van der Waals surface area contributed by atoms with Crippen molar-refractivity contribution in [2.75, 3.05) is 0 Å². The van der Waals surface area contributed by atoms with E-state index in [1.807, 2.05) is 36.4 Å². The SMILES string of the molecule is CC(C)c1ccccc1-c1ccccc1Cn1cccc(C(=O)O)c1=O. The second-order valence-electron chi connectivity index (χ2n) is 6.56. The zero-order chi connectivity index (χ0) is 18.7. The van der Waals surface area contributed by atoms with E-state index in [1.165, 1.54) is 16.2 Å². The van der Waals surface area contributed by atoms with Gasteiger partial charge in [-0.15, -0.1) is 0 Å². The molecule has 0 saturated heterocycles. The van der Waals surface area contributed by atoms with E-state index in [4.69, 9.17) is 0 Å². The average molecular weight is 347 g/mol. The summed E-state index contributed by atoms with van der Waals surface area (Å²) in [7, 11) is 0. The molecule has 0 fully saturated rings. The Hall–Kier alpha value is -3.14. The van der Waals surface area contributed by atoms with Gasteiger partial charge in [-0.05, 0) is 40.3 Å². The Labute approximate surface area is 152 Å². The molecule has 3 aromatic rings. The van der Waals surface area contributed by atoms with Crippen molar-refractivity contribution in [3.05, 3.63) is 93.9 Å². The van der Waals surface area contributed by atoms with Crippen molar-refractivity contribution >= 4 is 5.97 Å². The fraction of sp³-hybridized carbons (Fsp3) is 0.182. The summed E-state index contributed by atoms with van der Waals surface area (Å²) in [5.74, 6) is -0.833. The molecule has 3 rings (SSSR count). The van der Waals surface area contributed by atoms with Gasteiger partial charge in [0.1, 0.15) is 5.56 Å². The smallest absolute Gasteiger partial charge is 0.341 e. The lowest BCUT2D eigenvalue weighted by molar-refractivity contribution is 0.0694. The second kappa shape index (κ2) is 7.40. The third-order valence-electron chi connectivity index (χ3n) is 4.48. The number of carbonyl (C=O) groups is 1. The van der Waals surface area contributed by atoms with Gasteiger partial charge in [-0.25, -0.2) is 4.79 Å². The van der Waals surface area contributed by atoms with Gasteiger partial charge in [-0.1, -0.05) is 62.4 Å². The fourth-order valence-corrected chi connectivity index (χ4v) is 3.17. The van der Waals surface area contributed by atoms with Crippen LogP contribution < -0.4 is 5.56 Å². The van der Waals surface area contributed by atoms with E-state index in [-0.39, 0.29) is 5.56 Å². The average Bonchev–Trinajstić information content (AvgIpc) is 2.63. The molecular weight excluding hydrogens is 326 g/mol. The molecule has 26 heavy (non-hydrogen) atoms. The Balaban J connectivity index is 2.09. The van der Waals surface area contributed by atoms with Gasteiger partial charge in [0, 0.05) is 6.20 Å². The van der Waals surface area contributed by atoms with Crippen LogP contribution >= 0.6 is 0 Å². The van der Waals surface area contributed by atoms with Gasteiger partial charge in [0.2, 0.25) is 0 Å². The van der Waals surface area contributed by atoms with Crippen LogP contribution in [-0.2, 0) is 6.54 Å². The number of rotatable bonds is 5. The molecule has 4 heteroatoms. The molecule has 0 atom stereocenters. The molecule has 0 aliphatic carbocycles. The predicted octanol–water partition coefficient (Wildman–Crippen LogP) is 4.39. The van der Waals surface area contributed by atoms with Crippen LogP contribution in [0.25, 0.3) is 11.1 Å². The van der Waals surface area contributed by atoms with E-state index in [0.29, 0.717) is 12.5 Å². The van der Waals surface area contributed by atoms with Crippen molar-refractivity contribution in [3.8, 4) is 11.1 Å². The summed E-state index contributed by atoms with van der Waals surface area (Å²) >= 11 is 0. The van der Waals surface area contributed by atoms with Crippen LogP contribution in [0.3, 0.4) is 0 Å². The number of nitrogens with zero attached hydrogens (tertiary/aromatic N) is 1. The zero-order valence-corrected chi connectivity index (χ0v) is 14.8. The third kappa shape index (κ3) is 3.45. The van der Waals surface area contributed by atoms with Crippen LogP contribution in [0.5, 0.6) is 0 Å². The molecule has 0 bridgehead atoms. The highest BCUT2D eigenvalue weighted by atomic mass is 16.4. The molecule has 4 nitrogen and oxygen atoms in total. The summed E-state index contributed by atoms with van der Waals surface area (Å²) in [6, 6.07) is 19.1. The first-order valence-corrected chi connectivity index (χ1v) is 8.59. The van der Waals surface area contributed by atoms with Gasteiger partial charge in [-0.2, -0.15) is 0 Å². The van der Waals surface area contributed by atoms with Gasteiger partial charge in [0.05, 0.1) is 6.54 Å². The summed E-state index contributed by atoms with van der Waals surface area (Å²) in [6.07, 6.45) is 1.62. The summed E-state index contributed by atoms with van der Waals surface area (Å²) in [5.41, 5.74) is 3.71. The molecule has 1 N–H and O–H groups in total. The van der Waals surface area contributed by atoms with E-state index in [0.717, 1.165) is 16.7 Å². The van der Waals surface area contributed by atoms with E-state index < -0.39 is 11.5 Å². The molecule has 0 spiro atoms. The van der Waals surface area contributed by atoms with Crippen LogP contribution in [0, 0.1) is 0 Å². The van der Waals surface area contributed by atoms with Gasteiger partial charge < -0.3 is 9.67 Å². The van der Waals surface area contributed by atoms with E-state index >= 15 is 0 Å². The van der Waals surface area contributed by atoms with E-state index in [2.05, 4.69) is 26.0 Å². The van der Waals surface area contributed by atoms with E-state index in [9.17, 15) is 14.7 Å². The minimum atomic E-state index is -1.21. The van der Waals surface area contributed by atoms with Crippen LogP contribution in [0.4, 0.5) is 0 Å². The van der Waals surface area contributed by atoms with Crippen molar-refractivity contribution < 1.29 is 9.90 Å². The number of pyridine rings is 1. The number of carboxylic acids is 1. The molecule has 0 saturated carbocycles. The maximum absolute atomic E-state index is 12.4. The summed E-state index contributed by atoms with van der Waals surface area (Å²) in [6.45, 7) is 4.63. The van der Waals surface area contributed by atoms with Crippen LogP contribution in [0.2, 0.25) is 0 Å². The predicted molar refractivity (Wildman–Crippen MR) is 103 cm³/mol.